The summed E-state index contributed by atoms with van der Waals surface area (Å²) >= 11 is 19.5. The van der Waals surface area contributed by atoms with Crippen molar-refractivity contribution in [3.63, 3.8) is 0 Å². The zero-order chi connectivity index (χ0) is 25.1. The van der Waals surface area contributed by atoms with Crippen LogP contribution in [-0.2, 0) is 17.9 Å². The Kier molecular flexibility index (Phi) is 7.97. The molecule has 2 amide bonds. The smallest absolute Gasteiger partial charge is 0.293 e. The van der Waals surface area contributed by atoms with E-state index in [1.165, 1.54) is 7.11 Å². The van der Waals surface area contributed by atoms with Gasteiger partial charge < -0.3 is 9.47 Å². The Labute approximate surface area is 222 Å². The van der Waals surface area contributed by atoms with Gasteiger partial charge in [0.1, 0.15) is 6.61 Å². The Bertz CT molecular complexity index is 1340. The van der Waals surface area contributed by atoms with Gasteiger partial charge in [-0.05, 0) is 71.3 Å². The number of imide groups is 1. The highest BCUT2D eigenvalue weighted by Gasteiger charge is 2.35. The van der Waals surface area contributed by atoms with Gasteiger partial charge >= 0.3 is 0 Å². The average Bonchev–Trinajstić information content (AvgIpc) is 3.08. The van der Waals surface area contributed by atoms with Crippen molar-refractivity contribution < 1.29 is 19.1 Å². The predicted octanol–water partition coefficient (Wildman–Crippen LogP) is 7.78. The van der Waals surface area contributed by atoms with E-state index in [2.05, 4.69) is 0 Å². The molecular formula is C26H20Cl3NO4S. The third kappa shape index (κ3) is 5.78. The first-order chi connectivity index (χ1) is 16.8. The number of hydrogen-bond donors (Lipinski definition) is 0. The van der Waals surface area contributed by atoms with Crippen molar-refractivity contribution in [1.82, 2.24) is 4.90 Å². The summed E-state index contributed by atoms with van der Waals surface area (Å²) in [6.07, 6.45) is 1.61. The standard InChI is InChI=1S/C26H20Cl3NO4S/c1-15-5-3-4-6-18(15)14-34-24-21(29)9-16(10-22(24)33-2)11-23-25(31)30(26(32)35-23)13-17-7-8-19(27)12-20(17)28/h3-12H,13-14H2,1-2H3/b23-11-. The number of methoxy groups -OCH3 is 1. The fourth-order valence-electron chi connectivity index (χ4n) is 3.49. The van der Waals surface area contributed by atoms with Crippen LogP contribution < -0.4 is 9.47 Å². The van der Waals surface area contributed by atoms with Gasteiger partial charge in [0.25, 0.3) is 11.1 Å². The highest BCUT2D eigenvalue weighted by atomic mass is 35.5. The molecule has 35 heavy (non-hydrogen) atoms. The third-order valence-corrected chi connectivity index (χ3v) is 7.18. The molecule has 1 aliphatic rings. The van der Waals surface area contributed by atoms with Crippen molar-refractivity contribution in [3.8, 4) is 11.5 Å². The minimum Gasteiger partial charge on any atom is -0.493 e. The molecule has 0 radical (unpaired) electrons. The molecule has 1 heterocycles. The summed E-state index contributed by atoms with van der Waals surface area (Å²) in [5.74, 6) is 0.408. The molecule has 180 valence electrons. The molecule has 0 N–H and O–H groups in total. The lowest BCUT2D eigenvalue weighted by Gasteiger charge is -2.15. The minimum absolute atomic E-state index is 0.0494. The lowest BCUT2D eigenvalue weighted by molar-refractivity contribution is -0.123. The monoisotopic (exact) mass is 547 g/mol. The fraction of sp³-hybridized carbons (Fsp3) is 0.154. The van der Waals surface area contributed by atoms with Gasteiger partial charge in [-0.15, -0.1) is 0 Å². The van der Waals surface area contributed by atoms with Crippen LogP contribution in [0, 0.1) is 6.92 Å². The molecule has 0 saturated carbocycles. The lowest BCUT2D eigenvalue weighted by Crippen LogP contribution is -2.27. The number of hydrogen-bond acceptors (Lipinski definition) is 5. The second kappa shape index (κ2) is 11.0. The van der Waals surface area contributed by atoms with Gasteiger partial charge in [-0.1, -0.05) is 65.1 Å². The third-order valence-electron chi connectivity index (χ3n) is 5.40. The molecule has 0 spiro atoms. The largest absolute Gasteiger partial charge is 0.493 e. The normalized spacial score (nSPS) is 14.7. The second-order valence-electron chi connectivity index (χ2n) is 7.75. The molecule has 5 nitrogen and oxygen atoms in total. The zero-order valence-electron chi connectivity index (χ0n) is 18.8. The first-order valence-corrected chi connectivity index (χ1v) is 12.5. The van der Waals surface area contributed by atoms with Crippen LogP contribution in [0.2, 0.25) is 15.1 Å². The molecule has 1 aliphatic heterocycles. The van der Waals surface area contributed by atoms with Gasteiger partial charge in [0.05, 0.1) is 23.6 Å². The summed E-state index contributed by atoms with van der Waals surface area (Å²) < 4.78 is 11.4. The second-order valence-corrected chi connectivity index (χ2v) is 10.00. The highest BCUT2D eigenvalue weighted by Crippen LogP contribution is 2.40. The van der Waals surface area contributed by atoms with Crippen molar-refractivity contribution >= 4 is 63.8 Å². The van der Waals surface area contributed by atoms with Gasteiger partial charge in [0.2, 0.25) is 0 Å². The van der Waals surface area contributed by atoms with E-state index in [4.69, 9.17) is 44.3 Å². The molecule has 1 fully saturated rings. The van der Waals surface area contributed by atoms with Crippen LogP contribution in [-0.4, -0.2) is 23.2 Å². The predicted molar refractivity (Wildman–Crippen MR) is 141 cm³/mol. The fourth-order valence-corrected chi connectivity index (χ4v) is 5.07. The van der Waals surface area contributed by atoms with E-state index in [1.54, 1.807) is 36.4 Å². The van der Waals surface area contributed by atoms with E-state index in [0.717, 1.165) is 27.8 Å². The number of carbonyl (C=O) groups is 2. The minimum atomic E-state index is -0.416. The maximum Gasteiger partial charge on any atom is 0.293 e. The van der Waals surface area contributed by atoms with Gasteiger partial charge in [-0.3, -0.25) is 14.5 Å². The number of thioether (sulfide) groups is 1. The zero-order valence-corrected chi connectivity index (χ0v) is 21.9. The molecule has 1 saturated heterocycles. The van der Waals surface area contributed by atoms with Crippen LogP contribution in [0.5, 0.6) is 11.5 Å². The van der Waals surface area contributed by atoms with Crippen molar-refractivity contribution in [3.05, 3.63) is 96.8 Å². The number of ether oxygens (including phenoxy) is 2. The molecule has 3 aromatic rings. The van der Waals surface area contributed by atoms with Crippen LogP contribution in [0.25, 0.3) is 6.08 Å². The van der Waals surface area contributed by atoms with Crippen molar-refractivity contribution in [2.24, 2.45) is 0 Å². The number of rotatable bonds is 7. The average molecular weight is 549 g/mol. The summed E-state index contributed by atoms with van der Waals surface area (Å²) in [7, 11) is 1.51. The van der Waals surface area contributed by atoms with E-state index in [9.17, 15) is 9.59 Å². The Balaban J connectivity index is 1.54. The number of halogens is 3. The van der Waals surface area contributed by atoms with E-state index >= 15 is 0 Å². The first-order valence-electron chi connectivity index (χ1n) is 10.5. The Hall–Kier alpha value is -2.64. The molecule has 9 heteroatoms. The summed E-state index contributed by atoms with van der Waals surface area (Å²) in [6.45, 7) is 2.39. The molecule has 0 unspecified atom stereocenters. The Morgan fingerprint density at radius 1 is 0.971 bits per heavy atom. The van der Waals surface area contributed by atoms with Crippen LogP contribution in [0.15, 0.2) is 59.5 Å². The molecule has 3 aromatic carbocycles. The number of aryl methyl sites for hydroxylation is 1. The molecule has 4 rings (SSSR count). The SMILES string of the molecule is COc1cc(/C=C2\SC(=O)N(Cc3ccc(Cl)cc3Cl)C2=O)cc(Cl)c1OCc1ccccc1C. The van der Waals surface area contributed by atoms with Crippen LogP contribution in [0.3, 0.4) is 0 Å². The molecule has 0 bridgehead atoms. The quantitative estimate of drug-likeness (QED) is 0.282. The summed E-state index contributed by atoms with van der Waals surface area (Å²) in [5.41, 5.74) is 3.36. The van der Waals surface area contributed by atoms with Crippen LogP contribution in [0.1, 0.15) is 22.3 Å². The topological polar surface area (TPSA) is 55.8 Å². The number of amides is 2. The van der Waals surface area contributed by atoms with Crippen molar-refractivity contribution in [2.45, 2.75) is 20.1 Å². The van der Waals surface area contributed by atoms with E-state index < -0.39 is 5.91 Å². The molecule has 0 aromatic heterocycles. The summed E-state index contributed by atoms with van der Waals surface area (Å²) in [4.78, 5) is 26.9. The number of carbonyl (C=O) groups excluding carboxylic acids is 2. The molecule has 0 atom stereocenters. The maximum atomic E-state index is 13.0. The Morgan fingerprint density at radius 2 is 1.74 bits per heavy atom. The van der Waals surface area contributed by atoms with Crippen LogP contribution >= 0.6 is 46.6 Å². The van der Waals surface area contributed by atoms with E-state index in [1.807, 2.05) is 31.2 Å². The summed E-state index contributed by atoms with van der Waals surface area (Å²) in [5, 5.41) is 0.808. The highest BCUT2D eigenvalue weighted by molar-refractivity contribution is 8.18. The van der Waals surface area contributed by atoms with E-state index in [0.29, 0.717) is 44.3 Å². The van der Waals surface area contributed by atoms with Gasteiger partial charge in [-0.25, -0.2) is 0 Å². The lowest BCUT2D eigenvalue weighted by atomic mass is 10.1. The first kappa shape index (κ1) is 25.5. The summed E-state index contributed by atoms with van der Waals surface area (Å²) in [6, 6.07) is 16.2. The van der Waals surface area contributed by atoms with Crippen LogP contribution in [0.4, 0.5) is 4.79 Å². The molecular weight excluding hydrogens is 529 g/mol. The number of nitrogens with zero attached hydrogens (tertiary/aromatic N) is 1. The van der Waals surface area contributed by atoms with Gasteiger partial charge in [-0.2, -0.15) is 0 Å². The van der Waals surface area contributed by atoms with Gasteiger partial charge in [0.15, 0.2) is 11.5 Å². The Morgan fingerprint density at radius 3 is 2.46 bits per heavy atom. The van der Waals surface area contributed by atoms with Crippen molar-refractivity contribution in [2.75, 3.05) is 7.11 Å². The van der Waals surface area contributed by atoms with Crippen molar-refractivity contribution in [1.29, 1.82) is 0 Å². The van der Waals surface area contributed by atoms with Gasteiger partial charge in [0, 0.05) is 10.0 Å². The maximum absolute atomic E-state index is 13.0. The van der Waals surface area contributed by atoms with E-state index in [-0.39, 0.29) is 16.7 Å². The molecule has 0 aliphatic carbocycles. The number of benzene rings is 3.